The van der Waals surface area contributed by atoms with Gasteiger partial charge in [-0.3, -0.25) is 0 Å². The summed E-state index contributed by atoms with van der Waals surface area (Å²) in [5.41, 5.74) is 2.88. The molecule has 3 fully saturated rings. The second kappa shape index (κ2) is 13.2. The molecule has 0 aromatic rings. The predicted molar refractivity (Wildman–Crippen MR) is 158 cm³/mol. The van der Waals surface area contributed by atoms with Gasteiger partial charge in [-0.05, 0) is 111 Å². The van der Waals surface area contributed by atoms with E-state index in [1.54, 1.807) is 5.57 Å². The van der Waals surface area contributed by atoms with Gasteiger partial charge in [0.05, 0.1) is 12.2 Å². The zero-order valence-corrected chi connectivity index (χ0v) is 26.0. The number of hydrogen-bond donors (Lipinski definition) is 0. The Hall–Kier alpha value is -0.300. The molecular weight excluding hydrogens is 436 g/mol. The van der Waals surface area contributed by atoms with Gasteiger partial charge in [-0.1, -0.05) is 99.1 Å². The third-order valence-corrected chi connectivity index (χ3v) is 11.5. The van der Waals surface area contributed by atoms with Crippen molar-refractivity contribution in [1.82, 2.24) is 0 Å². The predicted octanol–water partition coefficient (Wildman–Crippen LogP) is 11.0. The minimum absolute atomic E-state index is 0.426. The molecule has 0 amide bonds. The first-order valence-electron chi connectivity index (χ1n) is 16.4. The molecule has 8 atom stereocenters. The minimum atomic E-state index is 0.426. The molecule has 0 aromatic carbocycles. The Labute approximate surface area is 227 Å². The molecule has 3 saturated carbocycles. The van der Waals surface area contributed by atoms with Gasteiger partial charge in [0, 0.05) is 0 Å². The monoisotopic (exact) mass is 500 g/mol. The molecule has 0 saturated heterocycles. The van der Waals surface area contributed by atoms with Crippen molar-refractivity contribution in [1.29, 1.82) is 0 Å². The smallest absolute Gasteiger partial charge is 0.0616 e. The lowest BCUT2D eigenvalue weighted by Gasteiger charge is -2.58. The summed E-state index contributed by atoms with van der Waals surface area (Å²) in [5, 5.41) is 0. The van der Waals surface area contributed by atoms with Gasteiger partial charge in [0.2, 0.25) is 0 Å². The first kappa shape index (κ1) is 30.2. The Morgan fingerprint density at radius 1 is 0.861 bits per heavy atom. The Morgan fingerprint density at radius 2 is 1.56 bits per heavy atom. The number of unbranched alkanes of at least 4 members (excludes halogenated alkanes) is 1. The van der Waals surface area contributed by atoms with Crippen molar-refractivity contribution in [3.8, 4) is 0 Å². The maximum atomic E-state index is 6.56. The van der Waals surface area contributed by atoms with E-state index in [1.165, 1.54) is 89.9 Å². The number of rotatable bonds is 9. The van der Waals surface area contributed by atoms with E-state index in [0.29, 0.717) is 23.0 Å². The Kier molecular flexibility index (Phi) is 11.1. The van der Waals surface area contributed by atoms with E-state index < -0.39 is 0 Å². The van der Waals surface area contributed by atoms with Crippen LogP contribution in [0.15, 0.2) is 11.6 Å². The molecule has 210 valence electrons. The molecule has 0 N–H and O–H groups in total. The molecule has 4 aliphatic rings. The van der Waals surface area contributed by atoms with E-state index in [1.807, 2.05) is 0 Å². The maximum absolute atomic E-state index is 6.56. The molecular formula is C35H64O. The zero-order chi connectivity index (χ0) is 26.5. The van der Waals surface area contributed by atoms with E-state index in [-0.39, 0.29) is 0 Å². The SMILES string of the molecule is CC(C)CCCC(C)OC1CCC2(C)C(=CCC3C2CCC2(C)C(C)CCC32)C1.CCCCC(C)C. The van der Waals surface area contributed by atoms with E-state index in [9.17, 15) is 0 Å². The molecule has 8 unspecified atom stereocenters. The normalized spacial score (nSPS) is 38.5. The Bertz CT molecular complexity index is 691. The average Bonchev–Trinajstić information content (AvgIpc) is 3.12. The van der Waals surface area contributed by atoms with E-state index in [2.05, 4.69) is 68.4 Å². The van der Waals surface area contributed by atoms with Gasteiger partial charge in [0.15, 0.2) is 0 Å². The summed E-state index contributed by atoms with van der Waals surface area (Å²) in [4.78, 5) is 0. The van der Waals surface area contributed by atoms with Crippen LogP contribution in [0.25, 0.3) is 0 Å². The lowest BCUT2D eigenvalue weighted by molar-refractivity contribution is -0.0688. The quantitative estimate of drug-likeness (QED) is 0.286. The van der Waals surface area contributed by atoms with Crippen molar-refractivity contribution in [2.45, 2.75) is 164 Å². The van der Waals surface area contributed by atoms with Crippen molar-refractivity contribution in [3.63, 3.8) is 0 Å². The zero-order valence-electron chi connectivity index (χ0n) is 26.0. The molecule has 36 heavy (non-hydrogen) atoms. The number of hydrogen-bond acceptors (Lipinski definition) is 1. The van der Waals surface area contributed by atoms with Crippen LogP contribution in [-0.4, -0.2) is 12.2 Å². The van der Waals surface area contributed by atoms with E-state index >= 15 is 0 Å². The summed E-state index contributed by atoms with van der Waals surface area (Å²) in [6.45, 7) is 21.6. The highest BCUT2D eigenvalue weighted by Gasteiger charge is 2.57. The van der Waals surface area contributed by atoms with Crippen molar-refractivity contribution in [2.75, 3.05) is 0 Å². The van der Waals surface area contributed by atoms with Crippen molar-refractivity contribution < 1.29 is 4.74 Å². The molecule has 0 aromatic heterocycles. The summed E-state index contributed by atoms with van der Waals surface area (Å²) in [6.07, 6.45) is 22.8. The summed E-state index contributed by atoms with van der Waals surface area (Å²) in [7, 11) is 0. The molecule has 0 radical (unpaired) electrons. The van der Waals surface area contributed by atoms with Crippen LogP contribution >= 0.6 is 0 Å². The molecule has 4 aliphatic carbocycles. The molecule has 0 aliphatic heterocycles. The Balaban J connectivity index is 0.000000454. The largest absolute Gasteiger partial charge is 0.375 e. The number of allylic oxidation sites excluding steroid dienone is 1. The van der Waals surface area contributed by atoms with Crippen LogP contribution in [0, 0.1) is 46.3 Å². The highest BCUT2D eigenvalue weighted by molar-refractivity contribution is 5.25. The van der Waals surface area contributed by atoms with Gasteiger partial charge < -0.3 is 4.74 Å². The van der Waals surface area contributed by atoms with Crippen LogP contribution in [0.2, 0.25) is 0 Å². The Morgan fingerprint density at radius 3 is 2.19 bits per heavy atom. The van der Waals surface area contributed by atoms with Gasteiger partial charge in [-0.2, -0.15) is 0 Å². The van der Waals surface area contributed by atoms with E-state index in [0.717, 1.165) is 35.5 Å². The fraction of sp³-hybridized carbons (Fsp3) is 0.943. The maximum Gasteiger partial charge on any atom is 0.0616 e. The van der Waals surface area contributed by atoms with Crippen LogP contribution in [0.3, 0.4) is 0 Å². The minimum Gasteiger partial charge on any atom is -0.375 e. The van der Waals surface area contributed by atoms with Gasteiger partial charge in [0.1, 0.15) is 0 Å². The van der Waals surface area contributed by atoms with E-state index in [4.69, 9.17) is 4.74 Å². The van der Waals surface area contributed by atoms with Crippen LogP contribution in [-0.2, 0) is 4.74 Å². The van der Waals surface area contributed by atoms with Crippen molar-refractivity contribution >= 4 is 0 Å². The average molecular weight is 501 g/mol. The highest BCUT2D eigenvalue weighted by atomic mass is 16.5. The molecule has 1 heteroatoms. The van der Waals surface area contributed by atoms with Gasteiger partial charge in [0.25, 0.3) is 0 Å². The molecule has 0 heterocycles. The lowest BCUT2D eigenvalue weighted by atomic mass is 9.47. The molecule has 1 nitrogen and oxygen atoms in total. The van der Waals surface area contributed by atoms with Gasteiger partial charge >= 0.3 is 0 Å². The number of fused-ring (bicyclic) bond motifs is 5. The third kappa shape index (κ3) is 7.01. The molecule has 0 spiro atoms. The first-order valence-corrected chi connectivity index (χ1v) is 16.4. The number of ether oxygens (including phenoxy) is 1. The standard InChI is InChI=1S/C28H48O.C7H16/c1-19(2)8-7-9-21(4)29-23-14-16-28(6)22(18-23)11-12-24-25-13-10-20(3)27(25,5)17-15-26(24)28;1-4-5-6-7(2)3/h11,19-21,23-26H,7-10,12-18H2,1-6H3;7H,4-6H2,1-3H3. The summed E-state index contributed by atoms with van der Waals surface area (Å²) in [5.74, 6) is 5.54. The van der Waals surface area contributed by atoms with Crippen molar-refractivity contribution in [2.24, 2.45) is 46.3 Å². The van der Waals surface area contributed by atoms with Crippen LogP contribution < -0.4 is 0 Å². The van der Waals surface area contributed by atoms with Crippen LogP contribution in [0.1, 0.15) is 152 Å². The highest BCUT2D eigenvalue weighted by Crippen LogP contribution is 2.66. The summed E-state index contributed by atoms with van der Waals surface area (Å²) < 4.78 is 6.56. The molecule has 4 rings (SSSR count). The fourth-order valence-corrected chi connectivity index (χ4v) is 8.83. The molecule has 0 bridgehead atoms. The first-order chi connectivity index (χ1) is 17.0. The lowest BCUT2D eigenvalue weighted by Crippen LogP contribution is -2.50. The van der Waals surface area contributed by atoms with Crippen molar-refractivity contribution in [3.05, 3.63) is 11.6 Å². The van der Waals surface area contributed by atoms with Gasteiger partial charge in [-0.25, -0.2) is 0 Å². The van der Waals surface area contributed by atoms with Crippen LogP contribution in [0.5, 0.6) is 0 Å². The summed E-state index contributed by atoms with van der Waals surface area (Å²) >= 11 is 0. The fourth-order valence-electron chi connectivity index (χ4n) is 8.83. The third-order valence-electron chi connectivity index (χ3n) is 11.5. The topological polar surface area (TPSA) is 9.23 Å². The second-order valence-corrected chi connectivity index (χ2v) is 15.0. The van der Waals surface area contributed by atoms with Crippen LogP contribution in [0.4, 0.5) is 0 Å². The second-order valence-electron chi connectivity index (χ2n) is 15.0. The summed E-state index contributed by atoms with van der Waals surface area (Å²) in [6, 6.07) is 0. The van der Waals surface area contributed by atoms with Gasteiger partial charge in [-0.15, -0.1) is 0 Å².